The van der Waals surface area contributed by atoms with Crippen molar-refractivity contribution in [2.75, 3.05) is 25.0 Å². The molecule has 0 aliphatic carbocycles. The van der Waals surface area contributed by atoms with Crippen molar-refractivity contribution in [3.63, 3.8) is 0 Å². The number of carbonyl (C=O) groups excluding carboxylic acids is 2. The van der Waals surface area contributed by atoms with E-state index < -0.39 is 28.5 Å². The molecule has 0 atom stereocenters. The van der Waals surface area contributed by atoms with Gasteiger partial charge in [0, 0.05) is 24.9 Å². The van der Waals surface area contributed by atoms with Gasteiger partial charge in [0.05, 0.1) is 4.90 Å². The number of piperidine rings is 1. The first-order valence-corrected chi connectivity index (χ1v) is 9.98. The highest BCUT2D eigenvalue weighted by atomic mass is 32.2. The van der Waals surface area contributed by atoms with E-state index in [4.69, 9.17) is 4.74 Å². The minimum absolute atomic E-state index is 0.183. The maximum atomic E-state index is 12.9. The molecule has 2 rings (SSSR count). The molecule has 1 fully saturated rings. The molecular formula is C18H24N2O5S. The molecule has 0 bridgehead atoms. The van der Waals surface area contributed by atoms with Crippen LogP contribution in [0.2, 0.25) is 0 Å². The van der Waals surface area contributed by atoms with E-state index in [1.165, 1.54) is 22.5 Å². The molecule has 1 aliphatic heterocycles. The van der Waals surface area contributed by atoms with Crippen LogP contribution in [0.3, 0.4) is 0 Å². The molecular weight excluding hydrogens is 356 g/mol. The molecule has 0 radical (unpaired) electrons. The Kier molecular flexibility index (Phi) is 6.93. The van der Waals surface area contributed by atoms with Gasteiger partial charge in [-0.3, -0.25) is 4.79 Å². The number of amides is 1. The second-order valence-corrected chi connectivity index (χ2v) is 8.01. The van der Waals surface area contributed by atoms with Crippen molar-refractivity contribution in [2.45, 2.75) is 38.0 Å². The van der Waals surface area contributed by atoms with Gasteiger partial charge < -0.3 is 10.1 Å². The second kappa shape index (κ2) is 8.95. The molecule has 1 N–H and O–H groups in total. The number of rotatable bonds is 6. The molecule has 142 valence electrons. The number of allylic oxidation sites excluding steroid dienone is 1. The zero-order valence-electron chi connectivity index (χ0n) is 15.0. The Balaban J connectivity index is 2.11. The second-order valence-electron chi connectivity index (χ2n) is 6.10. The summed E-state index contributed by atoms with van der Waals surface area (Å²) in [5.41, 5.74) is 0.964. The summed E-state index contributed by atoms with van der Waals surface area (Å²) in [6.45, 7) is 3.98. The van der Waals surface area contributed by atoms with Crippen LogP contribution in [0.5, 0.6) is 0 Å². The number of sulfonamides is 1. The molecule has 1 aromatic rings. The van der Waals surface area contributed by atoms with Crippen LogP contribution in [0.4, 0.5) is 5.69 Å². The van der Waals surface area contributed by atoms with Crippen LogP contribution in [0.15, 0.2) is 35.2 Å². The fourth-order valence-electron chi connectivity index (χ4n) is 2.72. The van der Waals surface area contributed by atoms with Crippen molar-refractivity contribution < 1.29 is 22.7 Å². The zero-order valence-corrected chi connectivity index (χ0v) is 15.8. The van der Waals surface area contributed by atoms with Crippen LogP contribution in [-0.2, 0) is 24.3 Å². The molecule has 8 heteroatoms. The van der Waals surface area contributed by atoms with E-state index in [2.05, 4.69) is 5.32 Å². The Hall–Kier alpha value is -2.19. The number of benzene rings is 1. The average molecular weight is 380 g/mol. The fourth-order valence-corrected chi connectivity index (χ4v) is 4.49. The van der Waals surface area contributed by atoms with Crippen molar-refractivity contribution >= 4 is 27.6 Å². The third-order valence-corrected chi connectivity index (χ3v) is 6.09. The van der Waals surface area contributed by atoms with Gasteiger partial charge in [0.15, 0.2) is 6.61 Å². The van der Waals surface area contributed by atoms with Gasteiger partial charge in [0.2, 0.25) is 10.0 Å². The normalized spacial score (nSPS) is 15.8. The largest absolute Gasteiger partial charge is 0.452 e. The van der Waals surface area contributed by atoms with Gasteiger partial charge >= 0.3 is 5.97 Å². The van der Waals surface area contributed by atoms with E-state index in [0.717, 1.165) is 19.3 Å². The molecule has 0 spiro atoms. The average Bonchev–Trinajstić information content (AvgIpc) is 2.62. The smallest absolute Gasteiger partial charge is 0.330 e. The van der Waals surface area contributed by atoms with Crippen molar-refractivity contribution in [1.82, 2.24) is 4.31 Å². The SMILES string of the molecule is CC=CC(=O)OCC(=O)Nc1ccc(C)c(S(=O)(=O)N2CCCCC2)c1. The highest BCUT2D eigenvalue weighted by molar-refractivity contribution is 7.89. The van der Waals surface area contributed by atoms with Gasteiger partial charge in [-0.15, -0.1) is 0 Å². The van der Waals surface area contributed by atoms with Crippen molar-refractivity contribution in [3.05, 3.63) is 35.9 Å². The molecule has 7 nitrogen and oxygen atoms in total. The minimum atomic E-state index is -3.60. The molecule has 0 aromatic heterocycles. The highest BCUT2D eigenvalue weighted by Crippen LogP contribution is 2.26. The summed E-state index contributed by atoms with van der Waals surface area (Å²) < 4.78 is 32.0. The predicted molar refractivity (Wildman–Crippen MR) is 98.2 cm³/mol. The van der Waals surface area contributed by atoms with Crippen LogP contribution < -0.4 is 5.32 Å². The summed E-state index contributed by atoms with van der Waals surface area (Å²) in [7, 11) is -3.60. The molecule has 1 aliphatic rings. The van der Waals surface area contributed by atoms with Crippen LogP contribution in [0.25, 0.3) is 0 Å². The van der Waals surface area contributed by atoms with Gasteiger partial charge in [-0.05, 0) is 44.4 Å². The van der Waals surface area contributed by atoms with E-state index in [1.54, 1.807) is 26.0 Å². The molecule has 1 aromatic carbocycles. The first-order chi connectivity index (χ1) is 12.3. The monoisotopic (exact) mass is 380 g/mol. The number of hydrogen-bond donors (Lipinski definition) is 1. The van der Waals surface area contributed by atoms with Gasteiger partial charge in [-0.2, -0.15) is 4.31 Å². The topological polar surface area (TPSA) is 92.8 Å². The van der Waals surface area contributed by atoms with Crippen LogP contribution >= 0.6 is 0 Å². The quantitative estimate of drug-likeness (QED) is 0.603. The maximum Gasteiger partial charge on any atom is 0.330 e. The first-order valence-electron chi connectivity index (χ1n) is 8.54. The summed E-state index contributed by atoms with van der Waals surface area (Å²) in [4.78, 5) is 23.3. The lowest BCUT2D eigenvalue weighted by Gasteiger charge is -2.26. The Morgan fingerprint density at radius 3 is 2.58 bits per heavy atom. The molecule has 1 heterocycles. The summed E-state index contributed by atoms with van der Waals surface area (Å²) in [6, 6.07) is 4.72. The summed E-state index contributed by atoms with van der Waals surface area (Å²) >= 11 is 0. The Morgan fingerprint density at radius 2 is 1.92 bits per heavy atom. The van der Waals surface area contributed by atoms with Gasteiger partial charge in [-0.25, -0.2) is 13.2 Å². The number of nitrogens with one attached hydrogen (secondary N) is 1. The highest BCUT2D eigenvalue weighted by Gasteiger charge is 2.27. The third-order valence-electron chi connectivity index (χ3n) is 4.05. The standard InChI is InChI=1S/C18H24N2O5S/c1-3-7-18(22)25-13-17(21)19-15-9-8-14(2)16(12-15)26(23,24)20-10-5-4-6-11-20/h3,7-9,12H,4-6,10-11,13H2,1-2H3,(H,19,21). The maximum absolute atomic E-state index is 12.9. The number of aryl methyl sites for hydroxylation is 1. The first kappa shape index (κ1) is 20.1. The van der Waals surface area contributed by atoms with Crippen molar-refractivity contribution in [3.8, 4) is 0 Å². The minimum Gasteiger partial charge on any atom is -0.452 e. The molecule has 26 heavy (non-hydrogen) atoms. The Morgan fingerprint density at radius 1 is 1.23 bits per heavy atom. The molecule has 1 saturated heterocycles. The summed E-state index contributed by atoms with van der Waals surface area (Å²) in [5, 5.41) is 2.56. The Labute approximate surface area is 154 Å². The van der Waals surface area contributed by atoms with Crippen LogP contribution in [-0.4, -0.2) is 44.3 Å². The number of esters is 1. The summed E-state index contributed by atoms with van der Waals surface area (Å²) in [6.07, 6.45) is 5.46. The molecule has 0 saturated carbocycles. The lowest BCUT2D eigenvalue weighted by molar-refractivity contribution is -0.142. The van der Waals surface area contributed by atoms with E-state index in [-0.39, 0.29) is 4.90 Å². The van der Waals surface area contributed by atoms with Gasteiger partial charge in [0.25, 0.3) is 5.91 Å². The van der Waals surface area contributed by atoms with Crippen LogP contribution in [0, 0.1) is 6.92 Å². The van der Waals surface area contributed by atoms with E-state index in [9.17, 15) is 18.0 Å². The van der Waals surface area contributed by atoms with Gasteiger partial charge in [-0.1, -0.05) is 18.6 Å². The van der Waals surface area contributed by atoms with Gasteiger partial charge in [0.1, 0.15) is 0 Å². The van der Waals surface area contributed by atoms with Crippen molar-refractivity contribution in [1.29, 1.82) is 0 Å². The molecule has 0 unspecified atom stereocenters. The van der Waals surface area contributed by atoms with Crippen molar-refractivity contribution in [2.24, 2.45) is 0 Å². The third kappa shape index (κ3) is 5.15. The van der Waals surface area contributed by atoms with E-state index in [0.29, 0.717) is 24.3 Å². The Bertz CT molecular complexity index is 796. The number of ether oxygens (including phenoxy) is 1. The molecule has 1 amide bonds. The fraction of sp³-hybridized carbons (Fsp3) is 0.444. The lowest BCUT2D eigenvalue weighted by atomic mass is 10.2. The number of anilines is 1. The van der Waals surface area contributed by atoms with E-state index in [1.807, 2.05) is 0 Å². The summed E-state index contributed by atoms with van der Waals surface area (Å²) in [5.74, 6) is -1.15. The lowest BCUT2D eigenvalue weighted by Crippen LogP contribution is -2.36. The van der Waals surface area contributed by atoms with E-state index >= 15 is 0 Å². The zero-order chi connectivity index (χ0) is 19.2. The number of hydrogen-bond acceptors (Lipinski definition) is 5. The number of carbonyl (C=O) groups is 2. The number of nitrogens with zero attached hydrogens (tertiary/aromatic N) is 1. The predicted octanol–water partition coefficient (Wildman–Crippen LogP) is 2.23. The van der Waals surface area contributed by atoms with Crippen LogP contribution in [0.1, 0.15) is 31.7 Å².